The predicted molar refractivity (Wildman–Crippen MR) is 108 cm³/mol. The smallest absolute Gasteiger partial charge is 0.364 e. The SMILES string of the molecule is CCOC(=O)[C@@H]1CCCC[NH+]1Cc1ccc(OCc2ccccc2)c(OC)c1. The normalized spacial score (nSPS) is 19.1. The molecule has 150 valence electrons. The summed E-state index contributed by atoms with van der Waals surface area (Å²) in [6.07, 6.45) is 3.12. The second-order valence-electron chi connectivity index (χ2n) is 7.14. The molecule has 1 aliphatic rings. The van der Waals surface area contributed by atoms with Crippen molar-refractivity contribution < 1.29 is 23.9 Å². The number of ether oxygens (including phenoxy) is 3. The van der Waals surface area contributed by atoms with Crippen LogP contribution < -0.4 is 14.4 Å². The number of hydrogen-bond acceptors (Lipinski definition) is 4. The van der Waals surface area contributed by atoms with Gasteiger partial charge >= 0.3 is 5.97 Å². The van der Waals surface area contributed by atoms with Crippen molar-refractivity contribution in [1.82, 2.24) is 0 Å². The van der Waals surface area contributed by atoms with Crippen molar-refractivity contribution >= 4 is 5.97 Å². The summed E-state index contributed by atoms with van der Waals surface area (Å²) in [4.78, 5) is 13.6. The highest BCUT2D eigenvalue weighted by Gasteiger charge is 2.33. The van der Waals surface area contributed by atoms with Crippen molar-refractivity contribution in [3.05, 3.63) is 59.7 Å². The molecule has 1 aliphatic heterocycles. The van der Waals surface area contributed by atoms with E-state index in [9.17, 15) is 4.79 Å². The lowest BCUT2D eigenvalue weighted by molar-refractivity contribution is -0.935. The second kappa shape index (κ2) is 10.1. The van der Waals surface area contributed by atoms with E-state index >= 15 is 0 Å². The molecule has 28 heavy (non-hydrogen) atoms. The van der Waals surface area contributed by atoms with Crippen LogP contribution in [-0.4, -0.2) is 32.3 Å². The summed E-state index contributed by atoms with van der Waals surface area (Å²) in [5.74, 6) is 1.37. The molecule has 0 radical (unpaired) electrons. The third-order valence-corrected chi connectivity index (χ3v) is 5.20. The van der Waals surface area contributed by atoms with Gasteiger partial charge in [0.05, 0.1) is 20.3 Å². The fourth-order valence-electron chi connectivity index (χ4n) is 3.76. The minimum absolute atomic E-state index is 0.0753. The third-order valence-electron chi connectivity index (χ3n) is 5.20. The number of piperidine rings is 1. The maximum Gasteiger partial charge on any atom is 0.364 e. The average Bonchev–Trinajstić information content (AvgIpc) is 2.74. The number of methoxy groups -OCH3 is 1. The molecule has 1 heterocycles. The van der Waals surface area contributed by atoms with E-state index in [2.05, 4.69) is 6.07 Å². The van der Waals surface area contributed by atoms with E-state index < -0.39 is 0 Å². The minimum atomic E-state index is -0.0769. The Balaban J connectivity index is 1.67. The van der Waals surface area contributed by atoms with Crippen LogP contribution in [0.5, 0.6) is 11.5 Å². The van der Waals surface area contributed by atoms with Crippen molar-refractivity contribution in [2.75, 3.05) is 20.3 Å². The average molecular weight is 384 g/mol. The molecule has 0 aliphatic carbocycles. The molecular weight excluding hydrogens is 354 g/mol. The first-order valence-corrected chi connectivity index (χ1v) is 10.1. The number of esters is 1. The molecule has 5 heteroatoms. The summed E-state index contributed by atoms with van der Waals surface area (Å²) in [7, 11) is 1.66. The molecule has 2 aromatic carbocycles. The highest BCUT2D eigenvalue weighted by Crippen LogP contribution is 2.28. The molecule has 3 rings (SSSR count). The number of quaternary nitrogens is 1. The van der Waals surface area contributed by atoms with Crippen LogP contribution in [0.3, 0.4) is 0 Å². The van der Waals surface area contributed by atoms with Crippen LogP contribution in [0.4, 0.5) is 0 Å². The largest absolute Gasteiger partial charge is 0.493 e. The van der Waals surface area contributed by atoms with Gasteiger partial charge in [0.15, 0.2) is 17.5 Å². The van der Waals surface area contributed by atoms with E-state index in [0.29, 0.717) is 13.2 Å². The van der Waals surface area contributed by atoms with Gasteiger partial charge in [0, 0.05) is 12.0 Å². The first kappa shape index (κ1) is 20.2. The number of likely N-dealkylation sites (tertiary alicyclic amines) is 1. The Labute approximate surface area is 167 Å². The number of carbonyl (C=O) groups excluding carboxylic acids is 1. The summed E-state index contributed by atoms with van der Waals surface area (Å²) in [5, 5.41) is 0. The van der Waals surface area contributed by atoms with Crippen LogP contribution in [-0.2, 0) is 22.7 Å². The van der Waals surface area contributed by atoms with Gasteiger partial charge in [0.1, 0.15) is 13.2 Å². The van der Waals surface area contributed by atoms with Crippen LogP contribution in [0, 0.1) is 0 Å². The van der Waals surface area contributed by atoms with E-state index in [0.717, 1.165) is 55.0 Å². The van der Waals surface area contributed by atoms with Crippen LogP contribution in [0.25, 0.3) is 0 Å². The standard InChI is InChI=1S/C23H29NO4/c1-3-27-23(25)20-11-7-8-14-24(20)16-19-12-13-21(22(15-19)26-2)28-17-18-9-5-4-6-10-18/h4-6,9-10,12-13,15,20H,3,7-8,11,14,16-17H2,1-2H3/p+1/t20-/m0/s1. The molecule has 2 aromatic rings. The molecule has 2 atom stereocenters. The zero-order valence-corrected chi connectivity index (χ0v) is 16.8. The van der Waals surface area contributed by atoms with Gasteiger partial charge in [-0.05, 0) is 43.5 Å². The lowest BCUT2D eigenvalue weighted by Gasteiger charge is -2.31. The Morgan fingerprint density at radius 3 is 2.64 bits per heavy atom. The maximum absolute atomic E-state index is 12.3. The topological polar surface area (TPSA) is 49.2 Å². The molecular formula is C23H30NO4+. The number of nitrogens with one attached hydrogen (secondary N) is 1. The Kier molecular flexibility index (Phi) is 7.31. The van der Waals surface area contributed by atoms with Gasteiger partial charge in [-0.25, -0.2) is 4.79 Å². The maximum atomic E-state index is 12.3. The Morgan fingerprint density at radius 2 is 1.89 bits per heavy atom. The predicted octanol–water partition coefficient (Wildman–Crippen LogP) is 2.77. The molecule has 1 fully saturated rings. The van der Waals surface area contributed by atoms with E-state index in [1.54, 1.807) is 7.11 Å². The first-order chi connectivity index (χ1) is 13.7. The van der Waals surface area contributed by atoms with Gasteiger partial charge in [-0.3, -0.25) is 0 Å². The van der Waals surface area contributed by atoms with Crippen molar-refractivity contribution in [3.8, 4) is 11.5 Å². The van der Waals surface area contributed by atoms with Crippen molar-refractivity contribution in [2.24, 2.45) is 0 Å². The fourth-order valence-corrected chi connectivity index (χ4v) is 3.76. The fraction of sp³-hybridized carbons (Fsp3) is 0.435. The van der Waals surface area contributed by atoms with Gasteiger partial charge in [-0.2, -0.15) is 0 Å². The minimum Gasteiger partial charge on any atom is -0.493 e. The van der Waals surface area contributed by atoms with Crippen molar-refractivity contribution in [2.45, 2.75) is 45.4 Å². The Bertz CT molecular complexity index is 762. The van der Waals surface area contributed by atoms with Crippen LogP contribution in [0.1, 0.15) is 37.3 Å². The molecule has 0 saturated carbocycles. The quantitative estimate of drug-likeness (QED) is 0.711. The molecule has 1 N–H and O–H groups in total. The summed E-state index contributed by atoms with van der Waals surface area (Å²) in [6.45, 7) is 4.55. The summed E-state index contributed by atoms with van der Waals surface area (Å²) in [6, 6.07) is 16.0. The summed E-state index contributed by atoms with van der Waals surface area (Å²) >= 11 is 0. The van der Waals surface area contributed by atoms with E-state index in [-0.39, 0.29) is 12.0 Å². The van der Waals surface area contributed by atoms with Gasteiger partial charge in [-0.15, -0.1) is 0 Å². The zero-order chi connectivity index (χ0) is 19.8. The molecule has 0 amide bonds. The Morgan fingerprint density at radius 1 is 1.07 bits per heavy atom. The molecule has 1 saturated heterocycles. The molecule has 0 aromatic heterocycles. The van der Waals surface area contributed by atoms with Gasteiger partial charge in [0.2, 0.25) is 0 Å². The lowest BCUT2D eigenvalue weighted by atomic mass is 10.0. The van der Waals surface area contributed by atoms with E-state index in [1.165, 1.54) is 4.90 Å². The highest BCUT2D eigenvalue weighted by atomic mass is 16.5. The second-order valence-corrected chi connectivity index (χ2v) is 7.14. The lowest BCUT2D eigenvalue weighted by Crippen LogP contribution is -3.16. The molecule has 1 unspecified atom stereocenters. The third kappa shape index (κ3) is 5.26. The van der Waals surface area contributed by atoms with Crippen molar-refractivity contribution in [1.29, 1.82) is 0 Å². The van der Waals surface area contributed by atoms with Gasteiger partial charge in [-0.1, -0.05) is 30.3 Å². The van der Waals surface area contributed by atoms with E-state index in [4.69, 9.17) is 14.2 Å². The number of rotatable bonds is 8. The van der Waals surface area contributed by atoms with Crippen LogP contribution in [0.2, 0.25) is 0 Å². The monoisotopic (exact) mass is 384 g/mol. The van der Waals surface area contributed by atoms with Crippen LogP contribution >= 0.6 is 0 Å². The van der Waals surface area contributed by atoms with Crippen LogP contribution in [0.15, 0.2) is 48.5 Å². The zero-order valence-electron chi connectivity index (χ0n) is 16.8. The van der Waals surface area contributed by atoms with E-state index in [1.807, 2.05) is 49.4 Å². The number of hydrogen-bond donors (Lipinski definition) is 1. The number of carbonyl (C=O) groups is 1. The van der Waals surface area contributed by atoms with Gasteiger partial charge in [0.25, 0.3) is 0 Å². The highest BCUT2D eigenvalue weighted by molar-refractivity contribution is 5.74. The van der Waals surface area contributed by atoms with Gasteiger partial charge < -0.3 is 19.1 Å². The summed E-state index contributed by atoms with van der Waals surface area (Å²) < 4.78 is 16.8. The molecule has 0 spiro atoms. The first-order valence-electron chi connectivity index (χ1n) is 10.1. The Hall–Kier alpha value is -2.53. The van der Waals surface area contributed by atoms with Crippen molar-refractivity contribution in [3.63, 3.8) is 0 Å². The molecule has 0 bridgehead atoms. The molecule has 5 nitrogen and oxygen atoms in total. The number of benzene rings is 2. The summed E-state index contributed by atoms with van der Waals surface area (Å²) in [5.41, 5.74) is 2.25.